The Morgan fingerprint density at radius 2 is 1.29 bits per heavy atom. The minimum atomic E-state index is -0.518. The van der Waals surface area contributed by atoms with Gasteiger partial charge in [-0.15, -0.1) is 0 Å². The van der Waals surface area contributed by atoms with Gasteiger partial charge in [-0.25, -0.2) is 4.79 Å². The van der Waals surface area contributed by atoms with Crippen LogP contribution in [-0.2, 0) is 9.53 Å². The van der Waals surface area contributed by atoms with Crippen LogP contribution in [0.2, 0.25) is 0 Å². The standard InChI is InChI=1S/C27H29NO3/c1-18(2)23-11-8-12-24(19(3)4)26(23)28-25(29)17-31-27(30)22-15-13-21(14-16-22)20-9-6-5-7-10-20/h5-16,18-19H,17H2,1-4H3,(H,28,29). The van der Waals surface area contributed by atoms with E-state index in [-0.39, 0.29) is 24.3 Å². The van der Waals surface area contributed by atoms with Crippen LogP contribution in [0.4, 0.5) is 5.69 Å². The second-order valence-electron chi connectivity index (χ2n) is 8.19. The van der Waals surface area contributed by atoms with Crippen LogP contribution in [-0.4, -0.2) is 18.5 Å². The number of ether oxygens (including phenoxy) is 1. The molecule has 31 heavy (non-hydrogen) atoms. The number of rotatable bonds is 7. The lowest BCUT2D eigenvalue weighted by Crippen LogP contribution is -2.22. The number of amides is 1. The second-order valence-corrected chi connectivity index (χ2v) is 8.19. The molecule has 0 heterocycles. The van der Waals surface area contributed by atoms with Crippen LogP contribution in [0.25, 0.3) is 11.1 Å². The van der Waals surface area contributed by atoms with Crippen LogP contribution in [0.1, 0.15) is 61.0 Å². The Morgan fingerprint density at radius 1 is 0.742 bits per heavy atom. The fourth-order valence-electron chi connectivity index (χ4n) is 3.51. The van der Waals surface area contributed by atoms with E-state index in [0.717, 1.165) is 27.9 Å². The van der Waals surface area contributed by atoms with Gasteiger partial charge in [-0.2, -0.15) is 0 Å². The van der Waals surface area contributed by atoms with Crippen LogP contribution in [0.3, 0.4) is 0 Å². The summed E-state index contributed by atoms with van der Waals surface area (Å²) in [4.78, 5) is 24.9. The highest BCUT2D eigenvalue weighted by molar-refractivity contribution is 5.96. The molecular formula is C27H29NO3. The molecule has 4 heteroatoms. The monoisotopic (exact) mass is 415 g/mol. The molecule has 1 N–H and O–H groups in total. The first-order chi connectivity index (χ1) is 14.9. The molecule has 0 aliphatic heterocycles. The average molecular weight is 416 g/mol. The first-order valence-electron chi connectivity index (χ1n) is 10.6. The maximum atomic E-state index is 12.5. The van der Waals surface area contributed by atoms with Crippen molar-refractivity contribution in [2.24, 2.45) is 0 Å². The Kier molecular flexibility index (Phi) is 7.24. The smallest absolute Gasteiger partial charge is 0.338 e. The maximum Gasteiger partial charge on any atom is 0.338 e. The fraction of sp³-hybridized carbons (Fsp3) is 0.259. The molecule has 0 saturated heterocycles. The van der Waals surface area contributed by atoms with Crippen LogP contribution in [0.5, 0.6) is 0 Å². The van der Waals surface area contributed by atoms with Crippen molar-refractivity contribution < 1.29 is 14.3 Å². The van der Waals surface area contributed by atoms with Crippen molar-refractivity contribution in [2.75, 3.05) is 11.9 Å². The van der Waals surface area contributed by atoms with Gasteiger partial charge in [-0.05, 0) is 46.2 Å². The first kappa shape index (κ1) is 22.3. The van der Waals surface area contributed by atoms with E-state index >= 15 is 0 Å². The predicted molar refractivity (Wildman–Crippen MR) is 125 cm³/mol. The quantitative estimate of drug-likeness (QED) is 0.455. The van der Waals surface area contributed by atoms with Gasteiger partial charge in [0.15, 0.2) is 6.61 Å². The molecule has 160 valence electrons. The number of para-hydroxylation sites is 1. The SMILES string of the molecule is CC(C)c1cccc(C(C)C)c1NC(=O)COC(=O)c1ccc(-c2ccccc2)cc1. The molecule has 0 bridgehead atoms. The van der Waals surface area contributed by atoms with Crippen molar-refractivity contribution in [1.29, 1.82) is 0 Å². The third-order valence-electron chi connectivity index (χ3n) is 5.20. The first-order valence-corrected chi connectivity index (χ1v) is 10.6. The molecule has 0 fully saturated rings. The highest BCUT2D eigenvalue weighted by atomic mass is 16.5. The second kappa shape index (κ2) is 10.1. The van der Waals surface area contributed by atoms with Crippen molar-refractivity contribution in [3.05, 3.63) is 89.5 Å². The molecule has 0 unspecified atom stereocenters. The summed E-state index contributed by atoms with van der Waals surface area (Å²) in [6.45, 7) is 8.04. The summed E-state index contributed by atoms with van der Waals surface area (Å²) < 4.78 is 5.26. The maximum absolute atomic E-state index is 12.5. The summed E-state index contributed by atoms with van der Waals surface area (Å²) in [6.07, 6.45) is 0. The number of carbonyl (C=O) groups is 2. The average Bonchev–Trinajstić information content (AvgIpc) is 2.78. The summed E-state index contributed by atoms with van der Waals surface area (Å²) in [5.41, 5.74) is 5.47. The number of hydrogen-bond donors (Lipinski definition) is 1. The zero-order valence-corrected chi connectivity index (χ0v) is 18.5. The van der Waals surface area contributed by atoms with E-state index < -0.39 is 5.97 Å². The molecule has 3 rings (SSSR count). The van der Waals surface area contributed by atoms with Gasteiger partial charge in [0.2, 0.25) is 0 Å². The van der Waals surface area contributed by atoms with Crippen LogP contribution < -0.4 is 5.32 Å². The summed E-state index contributed by atoms with van der Waals surface area (Å²) in [5, 5.41) is 2.96. The molecular weight excluding hydrogens is 386 g/mol. The number of esters is 1. The summed E-state index contributed by atoms with van der Waals surface area (Å²) in [7, 11) is 0. The highest BCUT2D eigenvalue weighted by Crippen LogP contribution is 2.32. The lowest BCUT2D eigenvalue weighted by Gasteiger charge is -2.20. The van der Waals surface area contributed by atoms with E-state index in [1.54, 1.807) is 12.1 Å². The Labute approximate surface area is 184 Å². The number of hydrogen-bond acceptors (Lipinski definition) is 3. The molecule has 0 aliphatic rings. The van der Waals surface area contributed by atoms with E-state index in [0.29, 0.717) is 5.56 Å². The summed E-state index contributed by atoms with van der Waals surface area (Å²) in [5.74, 6) is -0.334. The Balaban J connectivity index is 1.64. The molecule has 0 atom stereocenters. The van der Waals surface area contributed by atoms with Gasteiger partial charge in [0.25, 0.3) is 5.91 Å². The van der Waals surface area contributed by atoms with Crippen LogP contribution >= 0.6 is 0 Å². The number of nitrogens with one attached hydrogen (secondary N) is 1. The lowest BCUT2D eigenvalue weighted by atomic mass is 9.92. The Hall–Kier alpha value is -3.40. The Morgan fingerprint density at radius 3 is 1.84 bits per heavy atom. The summed E-state index contributed by atoms with van der Waals surface area (Å²) >= 11 is 0. The molecule has 0 aromatic heterocycles. The van der Waals surface area contributed by atoms with Gasteiger partial charge in [0.1, 0.15) is 0 Å². The molecule has 4 nitrogen and oxygen atoms in total. The Bertz CT molecular complexity index is 1010. The van der Waals surface area contributed by atoms with E-state index in [4.69, 9.17) is 4.74 Å². The molecule has 0 aliphatic carbocycles. The third-order valence-corrected chi connectivity index (χ3v) is 5.20. The third kappa shape index (κ3) is 5.60. The van der Waals surface area contributed by atoms with Gasteiger partial charge in [-0.3, -0.25) is 4.79 Å². The largest absolute Gasteiger partial charge is 0.452 e. The summed E-state index contributed by atoms with van der Waals surface area (Å²) in [6, 6.07) is 23.2. The van der Waals surface area contributed by atoms with E-state index in [9.17, 15) is 9.59 Å². The number of anilines is 1. The van der Waals surface area contributed by atoms with Crippen molar-refractivity contribution >= 4 is 17.6 Å². The molecule has 1 amide bonds. The van der Waals surface area contributed by atoms with Gasteiger partial charge < -0.3 is 10.1 Å². The van der Waals surface area contributed by atoms with Gasteiger partial charge in [0, 0.05) is 5.69 Å². The van der Waals surface area contributed by atoms with Crippen LogP contribution in [0, 0.1) is 0 Å². The normalized spacial score (nSPS) is 10.9. The molecule has 3 aromatic rings. The van der Waals surface area contributed by atoms with Crippen molar-refractivity contribution in [3.8, 4) is 11.1 Å². The lowest BCUT2D eigenvalue weighted by molar-refractivity contribution is -0.119. The van der Waals surface area contributed by atoms with Crippen molar-refractivity contribution in [2.45, 2.75) is 39.5 Å². The topological polar surface area (TPSA) is 55.4 Å². The molecule has 0 saturated carbocycles. The highest BCUT2D eigenvalue weighted by Gasteiger charge is 2.17. The minimum absolute atomic E-state index is 0.264. The van der Waals surface area contributed by atoms with Crippen molar-refractivity contribution in [3.63, 3.8) is 0 Å². The van der Waals surface area contributed by atoms with Crippen molar-refractivity contribution in [1.82, 2.24) is 0 Å². The van der Waals surface area contributed by atoms with E-state index in [2.05, 4.69) is 33.0 Å². The zero-order valence-electron chi connectivity index (χ0n) is 18.5. The van der Waals surface area contributed by atoms with Gasteiger partial charge >= 0.3 is 5.97 Å². The van der Waals surface area contributed by atoms with Gasteiger partial charge in [-0.1, -0.05) is 88.4 Å². The number of benzene rings is 3. The van der Waals surface area contributed by atoms with Gasteiger partial charge in [0.05, 0.1) is 5.56 Å². The molecule has 3 aromatic carbocycles. The van der Waals surface area contributed by atoms with Crippen LogP contribution in [0.15, 0.2) is 72.8 Å². The molecule has 0 radical (unpaired) electrons. The van der Waals surface area contributed by atoms with E-state index in [1.165, 1.54) is 0 Å². The zero-order chi connectivity index (χ0) is 22.4. The molecule has 0 spiro atoms. The minimum Gasteiger partial charge on any atom is -0.452 e. The number of carbonyl (C=O) groups excluding carboxylic acids is 2. The fourth-order valence-corrected chi connectivity index (χ4v) is 3.51. The van der Waals surface area contributed by atoms with E-state index in [1.807, 2.05) is 60.7 Å². The predicted octanol–water partition coefficient (Wildman–Crippen LogP) is 6.40.